The van der Waals surface area contributed by atoms with E-state index in [-0.39, 0.29) is 16.6 Å². The first-order chi connectivity index (χ1) is 11.3. The molecule has 3 rings (SSSR count). The fourth-order valence-corrected chi connectivity index (χ4v) is 4.87. The van der Waals surface area contributed by atoms with E-state index in [1.165, 1.54) is 16.4 Å². The van der Waals surface area contributed by atoms with Gasteiger partial charge in [-0.2, -0.15) is 0 Å². The van der Waals surface area contributed by atoms with Crippen molar-refractivity contribution in [3.63, 3.8) is 0 Å². The molecule has 2 aromatic rings. The van der Waals surface area contributed by atoms with Crippen LogP contribution < -0.4 is 9.03 Å². The number of benzene rings is 2. The smallest absolute Gasteiger partial charge is 0.261 e. The predicted molar refractivity (Wildman–Crippen MR) is 94.0 cm³/mol. The van der Waals surface area contributed by atoms with Crippen LogP contribution in [0.15, 0.2) is 59.5 Å². The molecule has 2 aromatic carbocycles. The summed E-state index contributed by atoms with van der Waals surface area (Å²) >= 11 is 0. The average molecular weight is 366 g/mol. The number of anilines is 2. The maximum atomic E-state index is 12.5. The molecule has 0 aliphatic heterocycles. The van der Waals surface area contributed by atoms with Gasteiger partial charge in [0.2, 0.25) is 10.0 Å². The third-order valence-corrected chi connectivity index (χ3v) is 6.27. The van der Waals surface area contributed by atoms with Gasteiger partial charge < -0.3 is 0 Å². The third-order valence-electron chi connectivity index (χ3n) is 3.68. The lowest BCUT2D eigenvalue weighted by Crippen LogP contribution is -2.33. The van der Waals surface area contributed by atoms with Gasteiger partial charge in [-0.15, -0.1) is 0 Å². The van der Waals surface area contributed by atoms with E-state index in [4.69, 9.17) is 0 Å². The molecule has 0 aromatic heterocycles. The van der Waals surface area contributed by atoms with E-state index in [1.807, 2.05) is 0 Å². The first kappa shape index (κ1) is 16.8. The maximum Gasteiger partial charge on any atom is 0.261 e. The number of rotatable bonds is 6. The van der Waals surface area contributed by atoms with E-state index in [9.17, 15) is 16.8 Å². The topological polar surface area (TPSA) is 83.6 Å². The number of hydrogen-bond acceptors (Lipinski definition) is 4. The van der Waals surface area contributed by atoms with Crippen molar-refractivity contribution in [2.45, 2.75) is 23.8 Å². The van der Waals surface area contributed by atoms with Crippen molar-refractivity contribution in [3.05, 3.63) is 54.6 Å². The van der Waals surface area contributed by atoms with Gasteiger partial charge in [-0.1, -0.05) is 30.3 Å². The van der Waals surface area contributed by atoms with Crippen LogP contribution in [0.3, 0.4) is 0 Å². The molecule has 0 saturated heterocycles. The molecule has 0 atom stereocenters. The quantitative estimate of drug-likeness (QED) is 0.851. The Kier molecular flexibility index (Phi) is 4.27. The average Bonchev–Trinajstić information content (AvgIpc) is 3.33. The zero-order valence-corrected chi connectivity index (χ0v) is 14.7. The van der Waals surface area contributed by atoms with Crippen molar-refractivity contribution in [1.82, 2.24) is 0 Å². The van der Waals surface area contributed by atoms with Crippen LogP contribution in [0, 0.1) is 0 Å². The second kappa shape index (κ2) is 6.10. The summed E-state index contributed by atoms with van der Waals surface area (Å²) in [5.41, 5.74) is 0.598. The Bertz CT molecular complexity index is 937. The molecule has 128 valence electrons. The Morgan fingerprint density at radius 3 is 2.08 bits per heavy atom. The van der Waals surface area contributed by atoms with E-state index < -0.39 is 20.0 Å². The van der Waals surface area contributed by atoms with Crippen molar-refractivity contribution in [2.24, 2.45) is 0 Å². The third kappa shape index (κ3) is 3.54. The highest BCUT2D eigenvalue weighted by Crippen LogP contribution is 2.38. The van der Waals surface area contributed by atoms with Crippen LogP contribution in [0.2, 0.25) is 0 Å². The van der Waals surface area contributed by atoms with Crippen LogP contribution in [-0.4, -0.2) is 29.1 Å². The molecule has 1 N–H and O–H groups in total. The fraction of sp³-hybridized carbons (Fsp3) is 0.250. The summed E-state index contributed by atoms with van der Waals surface area (Å²) in [6, 6.07) is 14.4. The fourth-order valence-electron chi connectivity index (χ4n) is 2.51. The van der Waals surface area contributed by atoms with Crippen LogP contribution in [0.1, 0.15) is 12.8 Å². The Hall–Kier alpha value is -2.06. The summed E-state index contributed by atoms with van der Waals surface area (Å²) in [6.45, 7) is 0. The van der Waals surface area contributed by atoms with Gasteiger partial charge in [0.05, 0.1) is 22.5 Å². The highest BCUT2D eigenvalue weighted by molar-refractivity contribution is 7.93. The molecule has 24 heavy (non-hydrogen) atoms. The summed E-state index contributed by atoms with van der Waals surface area (Å²) in [7, 11) is -7.29. The van der Waals surface area contributed by atoms with Gasteiger partial charge in [0.15, 0.2) is 0 Å². The standard InChI is InChI=1S/C16H18N2O4S2/c1-23(19,20)18(13-11-12-13)16-10-6-5-9-15(16)17-24(21,22)14-7-3-2-4-8-14/h2-10,13,17H,11-12H2,1H3. The molecule has 1 aliphatic carbocycles. The van der Waals surface area contributed by atoms with Crippen molar-refractivity contribution in [3.8, 4) is 0 Å². The molecule has 0 amide bonds. The Morgan fingerprint density at radius 2 is 1.50 bits per heavy atom. The van der Waals surface area contributed by atoms with E-state index in [0.29, 0.717) is 5.69 Å². The van der Waals surface area contributed by atoms with Gasteiger partial charge in [-0.25, -0.2) is 16.8 Å². The highest BCUT2D eigenvalue weighted by atomic mass is 32.2. The SMILES string of the molecule is CS(=O)(=O)N(c1ccccc1NS(=O)(=O)c1ccccc1)C1CC1. The largest absolute Gasteiger partial charge is 0.277 e. The van der Waals surface area contributed by atoms with E-state index in [1.54, 1.807) is 42.5 Å². The summed E-state index contributed by atoms with van der Waals surface area (Å²) in [6.07, 6.45) is 2.67. The molecule has 0 spiro atoms. The van der Waals surface area contributed by atoms with E-state index in [2.05, 4.69) is 4.72 Å². The van der Waals surface area contributed by atoms with Crippen LogP contribution >= 0.6 is 0 Å². The van der Waals surface area contributed by atoms with Crippen molar-refractivity contribution >= 4 is 31.4 Å². The monoisotopic (exact) mass is 366 g/mol. The zero-order chi connectivity index (χ0) is 17.4. The molecule has 1 saturated carbocycles. The molecule has 6 nitrogen and oxygen atoms in total. The van der Waals surface area contributed by atoms with Crippen molar-refractivity contribution in [2.75, 3.05) is 15.3 Å². The molecule has 1 fully saturated rings. The van der Waals surface area contributed by atoms with Gasteiger partial charge in [-0.05, 0) is 37.1 Å². The first-order valence-corrected chi connectivity index (χ1v) is 10.8. The highest BCUT2D eigenvalue weighted by Gasteiger charge is 2.36. The predicted octanol–water partition coefficient (Wildman–Crippen LogP) is 2.42. The summed E-state index contributed by atoms with van der Waals surface area (Å²) in [5.74, 6) is 0. The lowest BCUT2D eigenvalue weighted by Gasteiger charge is -2.25. The van der Waals surface area contributed by atoms with Crippen LogP contribution in [-0.2, 0) is 20.0 Å². The van der Waals surface area contributed by atoms with E-state index in [0.717, 1.165) is 19.1 Å². The summed E-state index contributed by atoms with van der Waals surface area (Å²) in [5, 5.41) is 0. The number of hydrogen-bond donors (Lipinski definition) is 1. The Labute approximate surface area is 142 Å². The second-order valence-electron chi connectivity index (χ2n) is 5.73. The lowest BCUT2D eigenvalue weighted by atomic mass is 10.2. The number of nitrogens with zero attached hydrogens (tertiary/aromatic N) is 1. The molecule has 0 bridgehead atoms. The summed E-state index contributed by atoms with van der Waals surface area (Å²) in [4.78, 5) is 0.122. The van der Waals surface area contributed by atoms with Gasteiger partial charge in [0, 0.05) is 6.04 Å². The maximum absolute atomic E-state index is 12.5. The number of sulfonamides is 2. The van der Waals surface area contributed by atoms with Gasteiger partial charge in [0.1, 0.15) is 0 Å². The van der Waals surface area contributed by atoms with Crippen LogP contribution in [0.25, 0.3) is 0 Å². The number of para-hydroxylation sites is 2. The van der Waals surface area contributed by atoms with Gasteiger partial charge >= 0.3 is 0 Å². The molecular weight excluding hydrogens is 348 g/mol. The molecular formula is C16H18N2O4S2. The van der Waals surface area contributed by atoms with E-state index >= 15 is 0 Å². The van der Waals surface area contributed by atoms with Crippen molar-refractivity contribution in [1.29, 1.82) is 0 Å². The minimum atomic E-state index is -3.79. The minimum Gasteiger partial charge on any atom is -0.277 e. The van der Waals surface area contributed by atoms with Gasteiger partial charge in [0.25, 0.3) is 10.0 Å². The van der Waals surface area contributed by atoms with Crippen LogP contribution in [0.4, 0.5) is 11.4 Å². The summed E-state index contributed by atoms with van der Waals surface area (Å²) < 4.78 is 53.2. The molecule has 0 heterocycles. The second-order valence-corrected chi connectivity index (χ2v) is 9.27. The first-order valence-electron chi connectivity index (χ1n) is 7.45. The van der Waals surface area contributed by atoms with Crippen LogP contribution in [0.5, 0.6) is 0 Å². The van der Waals surface area contributed by atoms with Crippen molar-refractivity contribution < 1.29 is 16.8 Å². The lowest BCUT2D eigenvalue weighted by molar-refractivity contribution is 0.595. The minimum absolute atomic E-state index is 0.109. The Balaban J connectivity index is 2.01. The molecule has 1 aliphatic rings. The van der Waals surface area contributed by atoms with Gasteiger partial charge in [-0.3, -0.25) is 9.03 Å². The molecule has 0 radical (unpaired) electrons. The molecule has 0 unspecified atom stereocenters. The number of nitrogens with one attached hydrogen (secondary N) is 1. The zero-order valence-electron chi connectivity index (χ0n) is 13.1. The normalized spacial score (nSPS) is 15.0. The Morgan fingerprint density at radius 1 is 0.917 bits per heavy atom. The molecule has 8 heteroatoms.